The van der Waals surface area contributed by atoms with Crippen LogP contribution in [0, 0.1) is 0 Å². The number of benzene rings is 10. The molecule has 1 heterocycles. The molecule has 59 heavy (non-hydrogen) atoms. The summed E-state index contributed by atoms with van der Waals surface area (Å²) in [6.07, 6.45) is 0. The predicted octanol–water partition coefficient (Wildman–Crippen LogP) is 0.420. The van der Waals surface area contributed by atoms with Crippen LogP contribution in [0.3, 0.4) is 0 Å². The molecular formula is C50H38B8O. The van der Waals surface area contributed by atoms with Crippen molar-refractivity contribution in [1.82, 2.24) is 0 Å². The van der Waals surface area contributed by atoms with Gasteiger partial charge in [-0.1, -0.05) is 131 Å². The van der Waals surface area contributed by atoms with E-state index in [4.69, 9.17) is 4.42 Å². The van der Waals surface area contributed by atoms with Crippen LogP contribution in [0.15, 0.2) is 138 Å². The Morgan fingerprint density at radius 2 is 0.797 bits per heavy atom. The lowest BCUT2D eigenvalue weighted by atomic mass is 9.59. The van der Waals surface area contributed by atoms with Crippen LogP contribution in [0.25, 0.3) is 109 Å². The quantitative estimate of drug-likeness (QED) is 0.189. The second kappa shape index (κ2) is 13.2. The molecule has 268 valence electrons. The third-order valence-electron chi connectivity index (χ3n) is 14.3. The van der Waals surface area contributed by atoms with E-state index in [1.165, 1.54) is 126 Å². The Bertz CT molecular complexity index is 3580. The molecule has 0 N–H and O–H groups in total. The van der Waals surface area contributed by atoms with E-state index in [0.717, 1.165) is 27.3 Å². The zero-order chi connectivity index (χ0) is 40.4. The number of rotatable bonds is 3. The summed E-state index contributed by atoms with van der Waals surface area (Å²) < 4.78 is 6.67. The van der Waals surface area contributed by atoms with Gasteiger partial charge in [-0.15, -0.1) is 21.9 Å². The molecule has 9 heteroatoms. The van der Waals surface area contributed by atoms with Crippen LogP contribution < -0.4 is 43.7 Å². The fraction of sp³-hybridized carbons (Fsp3) is 0. The Hall–Kier alpha value is -6.18. The van der Waals surface area contributed by atoms with Gasteiger partial charge in [0.1, 0.15) is 73.9 Å². The van der Waals surface area contributed by atoms with Crippen LogP contribution in [0.1, 0.15) is 0 Å². The Morgan fingerprint density at radius 1 is 0.305 bits per heavy atom. The van der Waals surface area contributed by atoms with Crippen LogP contribution in [0.4, 0.5) is 0 Å². The van der Waals surface area contributed by atoms with Gasteiger partial charge in [0.25, 0.3) is 0 Å². The van der Waals surface area contributed by atoms with Gasteiger partial charge in [0.15, 0.2) is 0 Å². The third-order valence-corrected chi connectivity index (χ3v) is 14.3. The molecule has 0 bridgehead atoms. The topological polar surface area (TPSA) is 13.1 Å². The molecule has 10 aromatic carbocycles. The first-order valence-corrected chi connectivity index (χ1v) is 20.9. The van der Waals surface area contributed by atoms with E-state index >= 15 is 0 Å². The van der Waals surface area contributed by atoms with Crippen LogP contribution >= 0.6 is 0 Å². The van der Waals surface area contributed by atoms with Gasteiger partial charge in [0.05, 0.1) is 0 Å². The molecule has 0 aliphatic rings. The smallest absolute Gasteiger partial charge is 0.143 e. The van der Waals surface area contributed by atoms with Crippen LogP contribution in [0.2, 0.25) is 0 Å². The molecule has 11 rings (SSSR count). The van der Waals surface area contributed by atoms with Crippen molar-refractivity contribution in [3.05, 3.63) is 133 Å². The third kappa shape index (κ3) is 5.10. The zero-order valence-corrected chi connectivity index (χ0v) is 35.1. The van der Waals surface area contributed by atoms with Crippen LogP contribution in [-0.4, -0.2) is 62.8 Å². The van der Waals surface area contributed by atoms with Crippen molar-refractivity contribution < 1.29 is 4.42 Å². The molecule has 0 amide bonds. The van der Waals surface area contributed by atoms with Crippen molar-refractivity contribution >= 4 is 182 Å². The second-order valence-corrected chi connectivity index (χ2v) is 17.0. The van der Waals surface area contributed by atoms with E-state index in [1.54, 1.807) is 0 Å². The highest BCUT2D eigenvalue weighted by Crippen LogP contribution is 2.45. The van der Waals surface area contributed by atoms with E-state index in [-0.39, 0.29) is 0 Å². The maximum Gasteiger partial charge on any atom is 0.143 e. The lowest BCUT2D eigenvalue weighted by Gasteiger charge is -2.28. The second-order valence-electron chi connectivity index (χ2n) is 17.0. The Balaban J connectivity index is 1.30. The SMILES string of the molecule is Bc1c(B)c(B)c2c(-c3ccc(-c4ccc5ccccc5c4)c4ccccc34)c3c(B)c(B)c(B)c(B)c3c(-c3ccc4oc5c6ccccc6ccc5c4c3)c2c1B. The Kier molecular flexibility index (Phi) is 8.02. The highest BCUT2D eigenvalue weighted by molar-refractivity contribution is 6.71. The highest BCUT2D eigenvalue weighted by atomic mass is 16.3. The minimum absolute atomic E-state index is 0.920. The van der Waals surface area contributed by atoms with E-state index in [2.05, 4.69) is 196 Å². The summed E-state index contributed by atoms with van der Waals surface area (Å²) in [6, 6.07) is 49.3. The number of hydrogen-bond donors (Lipinski definition) is 0. The lowest BCUT2D eigenvalue weighted by Crippen LogP contribution is -2.50. The van der Waals surface area contributed by atoms with Gasteiger partial charge < -0.3 is 4.42 Å². The summed E-state index contributed by atoms with van der Waals surface area (Å²) in [5.41, 5.74) is 20.4. The van der Waals surface area contributed by atoms with Gasteiger partial charge in [-0.25, -0.2) is 0 Å². The average Bonchev–Trinajstić information content (AvgIpc) is 3.66. The van der Waals surface area contributed by atoms with Crippen LogP contribution in [0.5, 0.6) is 0 Å². The molecule has 0 aliphatic carbocycles. The fourth-order valence-electron chi connectivity index (χ4n) is 10.5. The Morgan fingerprint density at radius 3 is 1.44 bits per heavy atom. The maximum absolute atomic E-state index is 6.67. The fourth-order valence-corrected chi connectivity index (χ4v) is 10.5. The summed E-state index contributed by atoms with van der Waals surface area (Å²) >= 11 is 0. The molecule has 0 atom stereocenters. The van der Waals surface area contributed by atoms with Gasteiger partial charge in [-0.3, -0.25) is 0 Å². The van der Waals surface area contributed by atoms with Gasteiger partial charge in [-0.05, 0) is 106 Å². The van der Waals surface area contributed by atoms with Gasteiger partial charge in [0.2, 0.25) is 0 Å². The van der Waals surface area contributed by atoms with E-state index in [0.29, 0.717) is 0 Å². The normalized spacial score (nSPS) is 11.9. The molecule has 0 saturated carbocycles. The summed E-state index contributed by atoms with van der Waals surface area (Å²) in [4.78, 5) is 0. The molecular weight excluding hydrogens is 703 g/mol. The molecule has 0 aliphatic heterocycles. The summed E-state index contributed by atoms with van der Waals surface area (Å²) in [6.45, 7) is 0. The van der Waals surface area contributed by atoms with Crippen LogP contribution in [-0.2, 0) is 0 Å². The number of fused-ring (bicyclic) bond motifs is 9. The van der Waals surface area contributed by atoms with Gasteiger partial charge in [-0.2, -0.15) is 0 Å². The van der Waals surface area contributed by atoms with E-state index in [9.17, 15) is 0 Å². The summed E-state index contributed by atoms with van der Waals surface area (Å²) in [7, 11) is 18.7. The lowest BCUT2D eigenvalue weighted by molar-refractivity contribution is 0.672. The summed E-state index contributed by atoms with van der Waals surface area (Å²) in [5, 5.41) is 15.1. The monoisotopic (exact) mass is 742 g/mol. The highest BCUT2D eigenvalue weighted by Gasteiger charge is 2.26. The van der Waals surface area contributed by atoms with E-state index < -0.39 is 0 Å². The molecule has 0 saturated heterocycles. The average molecular weight is 741 g/mol. The molecule has 11 aromatic rings. The van der Waals surface area contributed by atoms with E-state index in [1.807, 2.05) is 0 Å². The van der Waals surface area contributed by atoms with Crippen molar-refractivity contribution in [3.63, 3.8) is 0 Å². The zero-order valence-electron chi connectivity index (χ0n) is 35.1. The predicted molar refractivity (Wildman–Crippen MR) is 283 cm³/mol. The number of furan rings is 1. The first-order valence-electron chi connectivity index (χ1n) is 20.9. The summed E-state index contributed by atoms with van der Waals surface area (Å²) in [5.74, 6) is 0. The molecule has 0 spiro atoms. The number of hydrogen-bond acceptors (Lipinski definition) is 1. The minimum Gasteiger partial charge on any atom is -0.455 e. The molecule has 0 unspecified atom stereocenters. The maximum atomic E-state index is 6.67. The molecule has 1 nitrogen and oxygen atoms in total. The molecule has 0 radical (unpaired) electrons. The Labute approximate surface area is 351 Å². The largest absolute Gasteiger partial charge is 0.455 e. The van der Waals surface area contributed by atoms with Crippen molar-refractivity contribution in [1.29, 1.82) is 0 Å². The molecule has 1 aromatic heterocycles. The minimum atomic E-state index is 0.920. The first kappa shape index (κ1) is 35.9. The first-order chi connectivity index (χ1) is 28.6. The van der Waals surface area contributed by atoms with Crippen molar-refractivity contribution in [3.8, 4) is 33.4 Å². The van der Waals surface area contributed by atoms with Gasteiger partial charge >= 0.3 is 0 Å². The standard InChI is InChI=1S/C50H38B8O/c51-42-38-36(27-16-20-35-34(22-27)33-17-15-24-8-3-4-10-29(24)50(33)59-35)39-41(45(54)49(58)47(56)43(39)52)37(40(38)44(53)48(57)46(42)55)32-19-18-28(30-11-5-6-12-31(30)32)26-14-13-23-7-1-2-9-25(23)21-26/h1-22H,51-58H2. The van der Waals surface area contributed by atoms with Crippen molar-refractivity contribution in [2.45, 2.75) is 0 Å². The van der Waals surface area contributed by atoms with Gasteiger partial charge in [0, 0.05) is 16.2 Å². The molecule has 0 fully saturated rings. The van der Waals surface area contributed by atoms with Crippen molar-refractivity contribution in [2.75, 3.05) is 0 Å². The van der Waals surface area contributed by atoms with Crippen molar-refractivity contribution in [2.24, 2.45) is 0 Å².